The molecule has 170 valence electrons. The molecule has 0 bridgehead atoms. The van der Waals surface area contributed by atoms with Gasteiger partial charge in [0, 0.05) is 23.6 Å². The van der Waals surface area contributed by atoms with Crippen molar-refractivity contribution in [3.63, 3.8) is 0 Å². The van der Waals surface area contributed by atoms with Crippen molar-refractivity contribution >= 4 is 23.5 Å². The van der Waals surface area contributed by atoms with Gasteiger partial charge in [0.1, 0.15) is 17.7 Å². The number of nitro groups is 1. The third kappa shape index (κ3) is 6.06. The molecule has 1 N–H and O–H groups in total. The first kappa shape index (κ1) is 24.4. The highest BCUT2D eigenvalue weighted by molar-refractivity contribution is 5.87. The van der Waals surface area contributed by atoms with Gasteiger partial charge in [-0.1, -0.05) is 18.2 Å². The fourth-order valence-electron chi connectivity index (χ4n) is 3.07. The normalized spacial score (nSPS) is 12.4. The van der Waals surface area contributed by atoms with Crippen LogP contribution in [0.4, 0.5) is 14.5 Å². The van der Waals surface area contributed by atoms with Crippen LogP contribution in [0.15, 0.2) is 42.5 Å². The Morgan fingerprint density at radius 3 is 2.12 bits per heavy atom. The van der Waals surface area contributed by atoms with E-state index in [9.17, 15) is 33.3 Å². The summed E-state index contributed by atoms with van der Waals surface area (Å²) in [4.78, 5) is 47.2. The van der Waals surface area contributed by atoms with E-state index in [1.165, 1.54) is 24.3 Å². The highest BCUT2D eigenvalue weighted by atomic mass is 19.1. The second-order valence-corrected chi connectivity index (χ2v) is 6.68. The lowest BCUT2D eigenvalue weighted by Crippen LogP contribution is -2.47. The number of nitrogens with one attached hydrogen (secondary N) is 1. The number of methoxy groups -OCH3 is 2. The average Bonchev–Trinajstić information content (AvgIpc) is 2.78. The molecule has 0 aliphatic rings. The molecular weight excluding hydrogens is 430 g/mol. The van der Waals surface area contributed by atoms with Crippen LogP contribution < -0.4 is 5.32 Å². The molecule has 11 heteroatoms. The first-order valence-electron chi connectivity index (χ1n) is 9.29. The van der Waals surface area contributed by atoms with Crippen LogP contribution in [0.1, 0.15) is 23.5 Å². The molecule has 2 aromatic rings. The molecule has 9 nitrogen and oxygen atoms in total. The summed E-state index contributed by atoms with van der Waals surface area (Å²) in [6.07, 6.45) is -1.10. The third-order valence-electron chi connectivity index (χ3n) is 4.72. The number of ether oxygens (including phenoxy) is 2. The predicted molar refractivity (Wildman–Crippen MR) is 106 cm³/mol. The molecule has 0 unspecified atom stereocenters. The van der Waals surface area contributed by atoms with Crippen LogP contribution in [0.3, 0.4) is 0 Å². The van der Waals surface area contributed by atoms with E-state index in [1.54, 1.807) is 0 Å². The zero-order chi connectivity index (χ0) is 23.8. The van der Waals surface area contributed by atoms with Crippen molar-refractivity contribution in [2.45, 2.75) is 24.8 Å². The Labute approximate surface area is 181 Å². The number of rotatable bonds is 9. The summed E-state index contributed by atoms with van der Waals surface area (Å²) in [7, 11) is 2.19. The van der Waals surface area contributed by atoms with E-state index in [2.05, 4.69) is 10.1 Å². The van der Waals surface area contributed by atoms with Crippen LogP contribution in [0.5, 0.6) is 0 Å². The van der Waals surface area contributed by atoms with Crippen molar-refractivity contribution in [1.82, 2.24) is 5.32 Å². The molecule has 32 heavy (non-hydrogen) atoms. The SMILES string of the molecule is COC(=O)C[C@H](c1ccc([N+](=O)[O-])cc1)[C@@H](NC(=O)Cc1c(F)cccc1F)C(=O)OC. The second kappa shape index (κ2) is 10.9. The molecule has 0 heterocycles. The van der Waals surface area contributed by atoms with Crippen molar-refractivity contribution in [2.24, 2.45) is 0 Å². The topological polar surface area (TPSA) is 125 Å². The average molecular weight is 450 g/mol. The van der Waals surface area contributed by atoms with Gasteiger partial charge < -0.3 is 14.8 Å². The standard InChI is InChI=1S/C21H20F2N2O7/c1-31-19(27)11-14(12-6-8-13(9-7-12)25(29)30)20(21(28)32-2)24-18(26)10-15-16(22)4-3-5-17(15)23/h3-9,14,20H,10-11H2,1-2H3,(H,24,26)/t14-,20-/m1/s1. The maximum atomic E-state index is 13.9. The highest BCUT2D eigenvalue weighted by Crippen LogP contribution is 2.27. The van der Waals surface area contributed by atoms with E-state index in [4.69, 9.17) is 4.74 Å². The number of hydrogen-bond acceptors (Lipinski definition) is 7. The van der Waals surface area contributed by atoms with Crippen LogP contribution in [-0.2, 0) is 30.3 Å². The van der Waals surface area contributed by atoms with Crippen LogP contribution in [-0.4, -0.2) is 43.0 Å². The summed E-state index contributed by atoms with van der Waals surface area (Å²) in [6.45, 7) is 0. The van der Waals surface area contributed by atoms with Gasteiger partial charge >= 0.3 is 11.9 Å². The number of amides is 1. The van der Waals surface area contributed by atoms with Crippen LogP contribution in [0.25, 0.3) is 0 Å². The summed E-state index contributed by atoms with van der Waals surface area (Å²) in [5.74, 6) is -5.46. The molecule has 2 atom stereocenters. The molecule has 0 saturated heterocycles. The van der Waals surface area contributed by atoms with Gasteiger partial charge in [0.25, 0.3) is 5.69 Å². The maximum absolute atomic E-state index is 13.9. The fourth-order valence-corrected chi connectivity index (χ4v) is 3.07. The molecule has 0 aromatic heterocycles. The molecule has 1 amide bonds. The molecule has 0 radical (unpaired) electrons. The van der Waals surface area contributed by atoms with Crippen molar-refractivity contribution in [1.29, 1.82) is 0 Å². The van der Waals surface area contributed by atoms with E-state index in [-0.39, 0.29) is 12.1 Å². The number of benzene rings is 2. The van der Waals surface area contributed by atoms with Gasteiger partial charge in [-0.25, -0.2) is 13.6 Å². The number of halogens is 2. The summed E-state index contributed by atoms with van der Waals surface area (Å²) in [5, 5.41) is 13.3. The van der Waals surface area contributed by atoms with Gasteiger partial charge in [0.15, 0.2) is 0 Å². The minimum atomic E-state index is -1.44. The quantitative estimate of drug-likeness (QED) is 0.353. The van der Waals surface area contributed by atoms with Crippen molar-refractivity contribution in [2.75, 3.05) is 14.2 Å². The Hall–Kier alpha value is -3.89. The number of esters is 2. The van der Waals surface area contributed by atoms with Crippen molar-refractivity contribution < 1.29 is 37.6 Å². The van der Waals surface area contributed by atoms with Gasteiger partial charge in [-0.15, -0.1) is 0 Å². The number of hydrogen-bond donors (Lipinski definition) is 1. The summed E-state index contributed by atoms with van der Waals surface area (Å²) >= 11 is 0. The van der Waals surface area contributed by atoms with Crippen LogP contribution >= 0.6 is 0 Å². The lowest BCUT2D eigenvalue weighted by atomic mass is 9.88. The predicted octanol–water partition coefficient (Wildman–Crippen LogP) is 2.42. The van der Waals surface area contributed by atoms with Crippen molar-refractivity contribution in [3.8, 4) is 0 Å². The Morgan fingerprint density at radius 2 is 1.62 bits per heavy atom. The number of non-ortho nitro benzene ring substituents is 1. The summed E-state index contributed by atoms with van der Waals surface area (Å²) in [5.41, 5.74) is -0.415. The van der Waals surface area contributed by atoms with E-state index < -0.39 is 58.3 Å². The minimum absolute atomic E-state index is 0.223. The molecule has 0 aliphatic carbocycles. The van der Waals surface area contributed by atoms with E-state index in [0.717, 1.165) is 32.4 Å². The van der Waals surface area contributed by atoms with Crippen molar-refractivity contribution in [3.05, 3.63) is 75.3 Å². The third-order valence-corrected chi connectivity index (χ3v) is 4.72. The Bertz CT molecular complexity index is 991. The Balaban J connectivity index is 2.37. The highest BCUT2D eigenvalue weighted by Gasteiger charge is 2.34. The van der Waals surface area contributed by atoms with Gasteiger partial charge in [0.05, 0.1) is 32.0 Å². The maximum Gasteiger partial charge on any atom is 0.329 e. The molecular formula is C21H20F2N2O7. The van der Waals surface area contributed by atoms with E-state index >= 15 is 0 Å². The van der Waals surface area contributed by atoms with Gasteiger partial charge in [0.2, 0.25) is 5.91 Å². The second-order valence-electron chi connectivity index (χ2n) is 6.68. The minimum Gasteiger partial charge on any atom is -0.469 e. The molecule has 2 rings (SSSR count). The zero-order valence-corrected chi connectivity index (χ0v) is 17.2. The van der Waals surface area contributed by atoms with Gasteiger partial charge in [-0.05, 0) is 17.7 Å². The number of carbonyl (C=O) groups excluding carboxylic acids is 3. The fraction of sp³-hybridized carbons (Fsp3) is 0.286. The Kier molecular flexibility index (Phi) is 8.33. The Morgan fingerprint density at radius 1 is 1.03 bits per heavy atom. The first-order valence-corrected chi connectivity index (χ1v) is 9.29. The zero-order valence-electron chi connectivity index (χ0n) is 17.2. The van der Waals surface area contributed by atoms with Gasteiger partial charge in [-0.2, -0.15) is 0 Å². The van der Waals surface area contributed by atoms with Gasteiger partial charge in [-0.3, -0.25) is 19.7 Å². The number of nitrogens with zero attached hydrogens (tertiary/aromatic N) is 1. The monoisotopic (exact) mass is 450 g/mol. The molecule has 0 saturated carbocycles. The lowest BCUT2D eigenvalue weighted by Gasteiger charge is -2.26. The van der Waals surface area contributed by atoms with Crippen LogP contribution in [0, 0.1) is 21.7 Å². The lowest BCUT2D eigenvalue weighted by molar-refractivity contribution is -0.384. The summed E-state index contributed by atoms with van der Waals surface area (Å²) in [6, 6.07) is 6.66. The molecule has 0 aliphatic heterocycles. The molecule has 0 spiro atoms. The molecule has 2 aromatic carbocycles. The van der Waals surface area contributed by atoms with E-state index in [0.29, 0.717) is 5.56 Å². The van der Waals surface area contributed by atoms with Crippen LogP contribution in [0.2, 0.25) is 0 Å². The smallest absolute Gasteiger partial charge is 0.329 e. The number of carbonyl (C=O) groups is 3. The first-order chi connectivity index (χ1) is 15.2. The number of nitro benzene ring substituents is 1. The summed E-state index contributed by atoms with van der Waals surface area (Å²) < 4.78 is 37.2. The van der Waals surface area contributed by atoms with E-state index in [1.807, 2.05) is 0 Å². The molecule has 0 fully saturated rings. The largest absolute Gasteiger partial charge is 0.469 e.